The Morgan fingerprint density at radius 3 is 2.48 bits per heavy atom. The van der Waals surface area contributed by atoms with Gasteiger partial charge >= 0.3 is 0 Å². The molecule has 23 heavy (non-hydrogen) atoms. The van der Waals surface area contributed by atoms with Crippen LogP contribution in [0, 0.1) is 0 Å². The zero-order valence-electron chi connectivity index (χ0n) is 12.8. The molecule has 0 bridgehead atoms. The number of hydrazine groups is 1. The van der Waals surface area contributed by atoms with Crippen molar-refractivity contribution in [2.75, 3.05) is 0 Å². The topological polar surface area (TPSA) is 40.6 Å². The summed E-state index contributed by atoms with van der Waals surface area (Å²) in [6, 6.07) is 10.3. The third-order valence-corrected chi connectivity index (χ3v) is 6.74. The number of carbonyl (C=O) groups is 2. The molecule has 0 N–H and O–H groups in total. The van der Waals surface area contributed by atoms with Crippen LogP contribution in [0.5, 0.6) is 0 Å². The Morgan fingerprint density at radius 2 is 1.78 bits per heavy atom. The predicted octanol–water partition coefficient (Wildman–Crippen LogP) is 3.90. The first-order valence-electron chi connectivity index (χ1n) is 7.53. The summed E-state index contributed by atoms with van der Waals surface area (Å²) in [4.78, 5) is 24.0. The first-order chi connectivity index (χ1) is 11.2. The van der Waals surface area contributed by atoms with E-state index in [-0.39, 0.29) is 17.2 Å². The Kier molecular flexibility index (Phi) is 5.13. The van der Waals surface area contributed by atoms with Crippen LogP contribution in [0.25, 0.3) is 0 Å². The second kappa shape index (κ2) is 7.27. The van der Waals surface area contributed by atoms with E-state index in [9.17, 15) is 9.59 Å². The van der Waals surface area contributed by atoms with Gasteiger partial charge in [-0.15, -0.1) is 0 Å². The molecule has 1 aromatic carbocycles. The van der Waals surface area contributed by atoms with E-state index >= 15 is 0 Å². The molecule has 2 amide bonds. The predicted molar refractivity (Wildman–Crippen MR) is 95.0 cm³/mol. The molecule has 2 heterocycles. The van der Waals surface area contributed by atoms with Crippen LogP contribution >= 0.6 is 21.6 Å². The van der Waals surface area contributed by atoms with Crippen molar-refractivity contribution in [3.8, 4) is 0 Å². The van der Waals surface area contributed by atoms with Crippen LogP contribution in [0.2, 0.25) is 0 Å². The average Bonchev–Trinajstić information content (AvgIpc) is 2.92. The zero-order chi connectivity index (χ0) is 16.2. The van der Waals surface area contributed by atoms with Crippen LogP contribution < -0.4 is 0 Å². The molecule has 0 saturated carbocycles. The van der Waals surface area contributed by atoms with Crippen molar-refractivity contribution in [2.24, 2.45) is 0 Å². The molecule has 6 heteroatoms. The summed E-state index contributed by atoms with van der Waals surface area (Å²) >= 11 is 0. The third kappa shape index (κ3) is 3.64. The van der Waals surface area contributed by atoms with Gasteiger partial charge in [0.1, 0.15) is 5.37 Å². The molecule has 2 unspecified atom stereocenters. The number of benzene rings is 1. The van der Waals surface area contributed by atoms with Crippen molar-refractivity contribution >= 4 is 33.4 Å². The van der Waals surface area contributed by atoms with E-state index in [1.165, 1.54) is 10.6 Å². The minimum absolute atomic E-state index is 0.0674. The van der Waals surface area contributed by atoms with Gasteiger partial charge in [0.2, 0.25) is 11.8 Å². The molecular weight excluding hydrogens is 328 g/mol. The van der Waals surface area contributed by atoms with Crippen LogP contribution in [0.4, 0.5) is 0 Å². The van der Waals surface area contributed by atoms with Crippen molar-refractivity contribution in [3.05, 3.63) is 60.3 Å². The van der Waals surface area contributed by atoms with E-state index < -0.39 is 0 Å². The number of amides is 2. The molecule has 0 aromatic heterocycles. The lowest BCUT2D eigenvalue weighted by Crippen LogP contribution is -2.47. The van der Waals surface area contributed by atoms with E-state index in [1.807, 2.05) is 36.4 Å². The van der Waals surface area contributed by atoms with Crippen molar-refractivity contribution in [1.82, 2.24) is 10.0 Å². The van der Waals surface area contributed by atoms with Gasteiger partial charge in [0, 0.05) is 24.3 Å². The second-order valence-electron chi connectivity index (χ2n) is 5.34. The molecule has 0 aliphatic carbocycles. The van der Waals surface area contributed by atoms with Crippen LogP contribution in [0.1, 0.15) is 30.6 Å². The molecule has 0 spiro atoms. The molecule has 2 aliphatic heterocycles. The number of imide groups is 1. The zero-order valence-corrected chi connectivity index (χ0v) is 14.4. The Labute approximate surface area is 144 Å². The van der Waals surface area contributed by atoms with Crippen LogP contribution in [0.3, 0.4) is 0 Å². The highest BCUT2D eigenvalue weighted by molar-refractivity contribution is 8.77. The summed E-state index contributed by atoms with van der Waals surface area (Å²) in [6.45, 7) is 2.16. The number of hydrogen-bond donors (Lipinski definition) is 0. The largest absolute Gasteiger partial charge is 0.273 e. The highest BCUT2D eigenvalue weighted by atomic mass is 33.1. The lowest BCUT2D eigenvalue weighted by atomic mass is 10.2. The molecule has 2 aliphatic rings. The Morgan fingerprint density at radius 1 is 1.09 bits per heavy atom. The summed E-state index contributed by atoms with van der Waals surface area (Å²) < 4.78 is 0. The highest BCUT2D eigenvalue weighted by Gasteiger charge is 2.36. The molecule has 1 fully saturated rings. The number of rotatable bonds is 5. The molecule has 1 aromatic rings. The molecule has 3 rings (SSSR count). The minimum atomic E-state index is -0.123. The van der Waals surface area contributed by atoms with Gasteiger partial charge in [-0.25, -0.2) is 0 Å². The number of carbonyl (C=O) groups excluding carboxylic acids is 2. The SMILES string of the molecule is CC(SSC1C=CC=CN1N1C(=O)CCC1=O)c1ccccc1. The van der Waals surface area contributed by atoms with E-state index in [2.05, 4.69) is 19.1 Å². The summed E-state index contributed by atoms with van der Waals surface area (Å²) in [5.41, 5.74) is 1.26. The maximum absolute atomic E-state index is 12.0. The van der Waals surface area contributed by atoms with Gasteiger partial charge in [-0.2, -0.15) is 5.01 Å². The number of allylic oxidation sites excluding steroid dienone is 2. The van der Waals surface area contributed by atoms with Gasteiger partial charge in [0.05, 0.1) is 0 Å². The molecular formula is C17H18N2O2S2. The standard InChI is InChI=1S/C17H18N2O2S2/c1-13(14-7-3-2-4-8-14)22-23-17-9-5-6-12-18(17)19-15(20)10-11-16(19)21/h2-9,12-13,17H,10-11H2,1H3. The summed E-state index contributed by atoms with van der Waals surface area (Å²) in [5.74, 6) is -0.247. The van der Waals surface area contributed by atoms with Gasteiger partial charge in [0.15, 0.2) is 0 Å². The van der Waals surface area contributed by atoms with E-state index in [4.69, 9.17) is 0 Å². The third-order valence-electron chi connectivity index (χ3n) is 3.71. The van der Waals surface area contributed by atoms with Crippen LogP contribution in [0.15, 0.2) is 54.8 Å². The number of hydrogen-bond acceptors (Lipinski definition) is 5. The molecule has 1 saturated heterocycles. The summed E-state index contributed by atoms with van der Waals surface area (Å²) in [5, 5.41) is 3.29. The van der Waals surface area contributed by atoms with Crippen molar-refractivity contribution in [3.63, 3.8) is 0 Å². The molecule has 0 radical (unpaired) electrons. The quantitative estimate of drug-likeness (QED) is 0.597. The summed E-state index contributed by atoms with van der Waals surface area (Å²) in [7, 11) is 3.40. The molecule has 4 nitrogen and oxygen atoms in total. The van der Waals surface area contributed by atoms with Gasteiger partial charge in [-0.05, 0) is 24.6 Å². The van der Waals surface area contributed by atoms with E-state index in [0.717, 1.165) is 0 Å². The first-order valence-corrected chi connectivity index (χ1v) is 9.80. The maximum Gasteiger partial charge on any atom is 0.248 e. The summed E-state index contributed by atoms with van der Waals surface area (Å²) in [6.07, 6.45) is 8.21. The van der Waals surface area contributed by atoms with E-state index in [0.29, 0.717) is 18.1 Å². The Hall–Kier alpha value is -1.66. The van der Waals surface area contributed by atoms with Crippen LogP contribution in [-0.4, -0.2) is 27.2 Å². The monoisotopic (exact) mass is 346 g/mol. The molecule has 2 atom stereocenters. The first kappa shape index (κ1) is 16.2. The van der Waals surface area contributed by atoms with Gasteiger partial charge < -0.3 is 0 Å². The fourth-order valence-corrected chi connectivity index (χ4v) is 5.06. The lowest BCUT2D eigenvalue weighted by molar-refractivity contribution is -0.152. The minimum Gasteiger partial charge on any atom is -0.273 e. The highest BCUT2D eigenvalue weighted by Crippen LogP contribution is 2.42. The Balaban J connectivity index is 1.66. The second-order valence-corrected chi connectivity index (χ2v) is 8.07. The van der Waals surface area contributed by atoms with Gasteiger partial charge in [-0.3, -0.25) is 14.6 Å². The van der Waals surface area contributed by atoms with Crippen molar-refractivity contribution < 1.29 is 9.59 Å². The van der Waals surface area contributed by atoms with Crippen molar-refractivity contribution in [2.45, 2.75) is 30.4 Å². The smallest absolute Gasteiger partial charge is 0.248 e. The maximum atomic E-state index is 12.0. The average molecular weight is 346 g/mol. The lowest BCUT2D eigenvalue weighted by Gasteiger charge is -2.35. The van der Waals surface area contributed by atoms with Crippen LogP contribution in [-0.2, 0) is 9.59 Å². The fourth-order valence-electron chi connectivity index (χ4n) is 2.47. The van der Waals surface area contributed by atoms with Gasteiger partial charge in [0.25, 0.3) is 0 Å². The number of nitrogens with zero attached hydrogens (tertiary/aromatic N) is 2. The normalized spacial score (nSPS) is 22.0. The fraction of sp³-hybridized carbons (Fsp3) is 0.294. The van der Waals surface area contributed by atoms with E-state index in [1.54, 1.807) is 32.8 Å². The van der Waals surface area contributed by atoms with Crippen molar-refractivity contribution in [1.29, 1.82) is 0 Å². The van der Waals surface area contributed by atoms with Gasteiger partial charge in [-0.1, -0.05) is 58.0 Å². The molecule has 120 valence electrons. The Bertz CT molecular complexity index is 629.